The molecule has 0 fully saturated rings. The molecule has 3 N–H and O–H groups in total. The number of aromatic nitrogens is 2. The Labute approximate surface area is 180 Å². The molecule has 164 valence electrons. The Balaban J connectivity index is 1.59. The van der Waals surface area contributed by atoms with Crippen molar-refractivity contribution in [2.75, 3.05) is 11.9 Å². The molecule has 3 rings (SSSR count). The number of benzene rings is 1. The average Bonchev–Trinajstić information content (AvgIpc) is 3.12. The van der Waals surface area contributed by atoms with E-state index in [9.17, 15) is 18.0 Å². The fourth-order valence-electron chi connectivity index (χ4n) is 2.97. The molecular weight excluding hydrogens is 418 g/mol. The van der Waals surface area contributed by atoms with E-state index in [2.05, 4.69) is 15.6 Å². The minimum absolute atomic E-state index is 0.0769. The van der Waals surface area contributed by atoms with E-state index in [-0.39, 0.29) is 17.2 Å². The topological polar surface area (TPSA) is 122 Å². The number of rotatable bonds is 8. The zero-order valence-corrected chi connectivity index (χ0v) is 18.2. The van der Waals surface area contributed by atoms with E-state index in [4.69, 9.17) is 0 Å². The van der Waals surface area contributed by atoms with Gasteiger partial charge in [-0.2, -0.15) is 0 Å². The lowest BCUT2D eigenvalue weighted by atomic mass is 10.3. The zero-order chi connectivity index (χ0) is 22.4. The summed E-state index contributed by atoms with van der Waals surface area (Å²) in [5.41, 5.74) is 2.88. The highest BCUT2D eigenvalue weighted by Gasteiger charge is 2.17. The number of sulfonamides is 1. The minimum atomic E-state index is -4.00. The van der Waals surface area contributed by atoms with Crippen molar-refractivity contribution in [3.8, 4) is 0 Å². The number of aryl methyl sites for hydroxylation is 1. The molecule has 0 bridgehead atoms. The maximum atomic E-state index is 12.4. The fourth-order valence-corrected chi connectivity index (χ4v) is 3.90. The van der Waals surface area contributed by atoms with Gasteiger partial charge < -0.3 is 15.0 Å². The number of nitrogens with one attached hydrogen (secondary N) is 3. The monoisotopic (exact) mass is 443 g/mol. The van der Waals surface area contributed by atoms with Gasteiger partial charge >= 0.3 is 6.03 Å². The summed E-state index contributed by atoms with van der Waals surface area (Å²) < 4.78 is 28.4. The number of urea groups is 1. The predicted molar refractivity (Wildman–Crippen MR) is 117 cm³/mol. The highest BCUT2D eigenvalue weighted by Crippen LogP contribution is 2.15. The average molecular weight is 444 g/mol. The standard InChI is InChI=1S/C21H25N5O4S/c1-3-4-11-22-21(28)25-31(29,30)18-9-7-16(8-10-18)23-19(27)13-17-14-26-12-5-6-15(2)20(26)24-17/h5-10,12,14H,3-4,11,13H2,1-2H3,(H,23,27)(H2,22,25,28). The summed E-state index contributed by atoms with van der Waals surface area (Å²) in [5, 5.41) is 5.21. The molecule has 10 heteroatoms. The molecule has 31 heavy (non-hydrogen) atoms. The molecule has 2 aromatic heterocycles. The maximum Gasteiger partial charge on any atom is 0.328 e. The Hall–Kier alpha value is -3.40. The van der Waals surface area contributed by atoms with Crippen LogP contribution in [-0.2, 0) is 21.2 Å². The van der Waals surface area contributed by atoms with Crippen molar-refractivity contribution >= 4 is 33.3 Å². The van der Waals surface area contributed by atoms with E-state index >= 15 is 0 Å². The number of hydrogen-bond acceptors (Lipinski definition) is 5. The van der Waals surface area contributed by atoms with Crippen LogP contribution in [-0.4, -0.2) is 36.3 Å². The molecule has 0 saturated heterocycles. The van der Waals surface area contributed by atoms with Gasteiger partial charge in [0.1, 0.15) is 5.65 Å². The van der Waals surface area contributed by atoms with Gasteiger partial charge in [0.25, 0.3) is 10.0 Å². The largest absolute Gasteiger partial charge is 0.337 e. The van der Waals surface area contributed by atoms with Crippen LogP contribution in [0.15, 0.2) is 53.7 Å². The van der Waals surface area contributed by atoms with Crippen molar-refractivity contribution in [3.63, 3.8) is 0 Å². The third kappa shape index (κ3) is 5.82. The molecule has 0 unspecified atom stereocenters. The fraction of sp³-hybridized carbons (Fsp3) is 0.286. The van der Waals surface area contributed by atoms with Crippen molar-refractivity contribution in [2.24, 2.45) is 0 Å². The first-order chi connectivity index (χ1) is 14.8. The number of nitrogens with zero attached hydrogens (tertiary/aromatic N) is 2. The second-order valence-electron chi connectivity index (χ2n) is 7.12. The van der Waals surface area contributed by atoms with Crippen LogP contribution in [0.5, 0.6) is 0 Å². The summed E-state index contributed by atoms with van der Waals surface area (Å²) in [6, 6.07) is 8.67. The van der Waals surface area contributed by atoms with E-state index < -0.39 is 16.1 Å². The van der Waals surface area contributed by atoms with Crippen molar-refractivity contribution in [3.05, 3.63) is 60.0 Å². The molecule has 0 saturated carbocycles. The molecule has 0 atom stereocenters. The quantitative estimate of drug-likeness (QED) is 0.462. The Morgan fingerprint density at radius 3 is 2.55 bits per heavy atom. The number of anilines is 1. The predicted octanol–water partition coefficient (Wildman–Crippen LogP) is 2.61. The van der Waals surface area contributed by atoms with Gasteiger partial charge in [-0.05, 0) is 49.2 Å². The van der Waals surface area contributed by atoms with Crippen LogP contribution in [0, 0.1) is 6.92 Å². The zero-order valence-electron chi connectivity index (χ0n) is 17.4. The SMILES string of the molecule is CCCCNC(=O)NS(=O)(=O)c1ccc(NC(=O)Cc2cn3cccc(C)c3n2)cc1. The van der Waals surface area contributed by atoms with Gasteiger partial charge in [-0.25, -0.2) is 22.9 Å². The van der Waals surface area contributed by atoms with Crippen LogP contribution in [0.2, 0.25) is 0 Å². The van der Waals surface area contributed by atoms with E-state index in [1.54, 1.807) is 6.20 Å². The van der Waals surface area contributed by atoms with Crippen LogP contribution < -0.4 is 15.4 Å². The van der Waals surface area contributed by atoms with Gasteiger partial charge in [-0.15, -0.1) is 0 Å². The third-order valence-corrected chi connectivity index (χ3v) is 5.91. The molecule has 0 aliphatic rings. The number of imidazole rings is 1. The van der Waals surface area contributed by atoms with E-state index in [0.29, 0.717) is 17.9 Å². The molecule has 0 aliphatic heterocycles. The van der Waals surface area contributed by atoms with Crippen molar-refractivity contribution in [1.82, 2.24) is 19.4 Å². The van der Waals surface area contributed by atoms with Gasteiger partial charge in [-0.3, -0.25) is 4.79 Å². The molecule has 9 nitrogen and oxygen atoms in total. The first kappa shape index (κ1) is 22.3. The van der Waals surface area contributed by atoms with Gasteiger partial charge in [-0.1, -0.05) is 19.4 Å². The smallest absolute Gasteiger partial charge is 0.328 e. The van der Waals surface area contributed by atoms with E-state index in [1.165, 1.54) is 24.3 Å². The Kier molecular flexibility index (Phi) is 6.91. The van der Waals surface area contributed by atoms with Crippen molar-refractivity contribution < 1.29 is 18.0 Å². The van der Waals surface area contributed by atoms with Crippen LogP contribution in [0.1, 0.15) is 31.0 Å². The summed E-state index contributed by atoms with van der Waals surface area (Å²) in [7, 11) is -4.00. The molecule has 2 heterocycles. The lowest BCUT2D eigenvalue weighted by Gasteiger charge is -2.09. The lowest BCUT2D eigenvalue weighted by Crippen LogP contribution is -2.39. The van der Waals surface area contributed by atoms with Gasteiger partial charge in [0.2, 0.25) is 5.91 Å². The summed E-state index contributed by atoms with van der Waals surface area (Å²) in [6.45, 7) is 4.31. The molecule has 0 aliphatic carbocycles. The minimum Gasteiger partial charge on any atom is -0.337 e. The molecule has 0 spiro atoms. The number of fused-ring (bicyclic) bond motifs is 1. The Morgan fingerprint density at radius 2 is 1.87 bits per heavy atom. The normalized spacial score (nSPS) is 11.3. The van der Waals surface area contributed by atoms with Crippen LogP contribution in [0.25, 0.3) is 5.65 Å². The molecular formula is C21H25N5O4S. The van der Waals surface area contributed by atoms with Crippen LogP contribution in [0.4, 0.5) is 10.5 Å². The van der Waals surface area contributed by atoms with Crippen LogP contribution >= 0.6 is 0 Å². The van der Waals surface area contributed by atoms with Gasteiger partial charge in [0, 0.05) is 24.6 Å². The first-order valence-electron chi connectivity index (χ1n) is 9.92. The molecule has 0 radical (unpaired) electrons. The number of carbonyl (C=O) groups excluding carboxylic acids is 2. The summed E-state index contributed by atoms with van der Waals surface area (Å²) >= 11 is 0. The summed E-state index contributed by atoms with van der Waals surface area (Å²) in [6.07, 6.45) is 5.40. The van der Waals surface area contributed by atoms with Crippen molar-refractivity contribution in [2.45, 2.75) is 38.0 Å². The first-order valence-corrected chi connectivity index (χ1v) is 11.4. The Morgan fingerprint density at radius 1 is 1.13 bits per heavy atom. The second-order valence-corrected chi connectivity index (χ2v) is 8.80. The van der Waals surface area contributed by atoms with Gasteiger partial charge in [0.05, 0.1) is 17.0 Å². The Bertz CT molecular complexity index is 1190. The number of amides is 3. The number of hydrogen-bond donors (Lipinski definition) is 3. The number of carbonyl (C=O) groups is 2. The highest BCUT2D eigenvalue weighted by molar-refractivity contribution is 7.90. The summed E-state index contributed by atoms with van der Waals surface area (Å²) in [4.78, 5) is 28.5. The third-order valence-electron chi connectivity index (χ3n) is 4.56. The van der Waals surface area contributed by atoms with Crippen molar-refractivity contribution in [1.29, 1.82) is 0 Å². The summed E-state index contributed by atoms with van der Waals surface area (Å²) in [5.74, 6) is -0.273. The number of unbranched alkanes of at least 4 members (excludes halogenated alkanes) is 1. The second kappa shape index (κ2) is 9.61. The molecule has 3 amide bonds. The molecule has 3 aromatic rings. The number of pyridine rings is 1. The van der Waals surface area contributed by atoms with Crippen LogP contribution in [0.3, 0.4) is 0 Å². The molecule has 1 aromatic carbocycles. The van der Waals surface area contributed by atoms with E-state index in [1.807, 2.05) is 41.3 Å². The highest BCUT2D eigenvalue weighted by atomic mass is 32.2. The maximum absolute atomic E-state index is 12.4. The van der Waals surface area contributed by atoms with Gasteiger partial charge in [0.15, 0.2) is 0 Å². The van der Waals surface area contributed by atoms with E-state index in [0.717, 1.165) is 24.1 Å². The lowest BCUT2D eigenvalue weighted by molar-refractivity contribution is -0.115.